The third-order valence-corrected chi connectivity index (χ3v) is 3.82. The van der Waals surface area contributed by atoms with Crippen molar-refractivity contribution >= 4 is 0 Å². The quantitative estimate of drug-likeness (QED) is 0.873. The molecule has 1 aliphatic rings. The number of ether oxygens (including phenoxy) is 1. The summed E-state index contributed by atoms with van der Waals surface area (Å²) >= 11 is 0. The molecular formula is C13H23N3O2. The first kappa shape index (κ1) is 13.5. The summed E-state index contributed by atoms with van der Waals surface area (Å²) in [5.74, 6) is 1.21. The molecule has 5 heteroatoms. The summed E-state index contributed by atoms with van der Waals surface area (Å²) in [7, 11) is 1.73. The van der Waals surface area contributed by atoms with Crippen LogP contribution in [0, 0.1) is 0 Å². The predicted molar refractivity (Wildman–Crippen MR) is 67.9 cm³/mol. The zero-order valence-corrected chi connectivity index (χ0v) is 11.3. The molecule has 0 saturated heterocycles. The van der Waals surface area contributed by atoms with Gasteiger partial charge in [0, 0.05) is 7.11 Å². The van der Waals surface area contributed by atoms with E-state index in [1.807, 2.05) is 0 Å². The number of nitrogens with two attached hydrogens (primary N) is 1. The Labute approximate surface area is 108 Å². The highest BCUT2D eigenvalue weighted by molar-refractivity contribution is 5.04. The van der Waals surface area contributed by atoms with E-state index in [-0.39, 0.29) is 11.6 Å². The first-order valence-electron chi connectivity index (χ1n) is 6.86. The van der Waals surface area contributed by atoms with E-state index in [1.165, 1.54) is 6.42 Å². The molecule has 2 N–H and O–H groups in total. The zero-order chi connectivity index (χ0) is 13.0. The maximum Gasteiger partial charge on any atom is 0.243 e. The second kappa shape index (κ2) is 5.80. The van der Waals surface area contributed by atoms with Crippen molar-refractivity contribution in [2.75, 3.05) is 7.11 Å². The van der Waals surface area contributed by atoms with E-state index < -0.39 is 0 Å². The van der Waals surface area contributed by atoms with Gasteiger partial charge in [-0.2, -0.15) is 4.98 Å². The van der Waals surface area contributed by atoms with Crippen LogP contribution < -0.4 is 5.73 Å². The number of nitrogens with zero attached hydrogens (tertiary/aromatic N) is 2. The third kappa shape index (κ3) is 2.57. The van der Waals surface area contributed by atoms with Crippen molar-refractivity contribution in [3.63, 3.8) is 0 Å². The fourth-order valence-electron chi connectivity index (χ4n) is 2.65. The van der Waals surface area contributed by atoms with Gasteiger partial charge in [-0.3, -0.25) is 0 Å². The molecule has 1 aliphatic carbocycles. The van der Waals surface area contributed by atoms with E-state index in [0.29, 0.717) is 11.7 Å². The van der Waals surface area contributed by atoms with Gasteiger partial charge >= 0.3 is 0 Å². The molecular weight excluding hydrogens is 230 g/mol. The van der Waals surface area contributed by atoms with Crippen LogP contribution in [0.2, 0.25) is 0 Å². The molecule has 1 atom stereocenters. The molecule has 102 valence electrons. The standard InChI is InChI=1S/C13H23N3O2/c1-3-7-10(14)11-15-12(16-18-11)13(17-2)8-5-4-6-9-13/h10H,3-9,14H2,1-2H3. The SMILES string of the molecule is CCCC(N)c1nc(C2(OC)CCCCC2)no1. The smallest absolute Gasteiger partial charge is 0.243 e. The maximum absolute atomic E-state index is 6.00. The van der Waals surface area contributed by atoms with Gasteiger partial charge in [-0.25, -0.2) is 0 Å². The lowest BCUT2D eigenvalue weighted by molar-refractivity contribution is -0.0527. The third-order valence-electron chi connectivity index (χ3n) is 3.82. The molecule has 0 spiro atoms. The normalized spacial score (nSPS) is 20.8. The molecule has 2 rings (SSSR count). The van der Waals surface area contributed by atoms with Crippen molar-refractivity contribution in [1.29, 1.82) is 0 Å². The maximum atomic E-state index is 6.00. The van der Waals surface area contributed by atoms with E-state index in [4.69, 9.17) is 15.0 Å². The molecule has 0 radical (unpaired) electrons. The number of methoxy groups -OCH3 is 1. The predicted octanol–water partition coefficient (Wildman–Crippen LogP) is 2.68. The van der Waals surface area contributed by atoms with Crippen LogP contribution in [0.1, 0.15) is 69.6 Å². The topological polar surface area (TPSA) is 74.2 Å². The summed E-state index contributed by atoms with van der Waals surface area (Å²) in [5.41, 5.74) is 5.64. The average molecular weight is 253 g/mol. The fourth-order valence-corrected chi connectivity index (χ4v) is 2.65. The number of hydrogen-bond donors (Lipinski definition) is 1. The van der Waals surface area contributed by atoms with Crippen molar-refractivity contribution < 1.29 is 9.26 Å². The lowest BCUT2D eigenvalue weighted by Gasteiger charge is -2.32. The monoisotopic (exact) mass is 253 g/mol. The molecule has 1 unspecified atom stereocenters. The zero-order valence-electron chi connectivity index (χ0n) is 11.3. The van der Waals surface area contributed by atoms with Crippen molar-refractivity contribution in [2.45, 2.75) is 63.5 Å². The number of rotatable bonds is 5. The summed E-state index contributed by atoms with van der Waals surface area (Å²) in [6.07, 6.45) is 7.36. The van der Waals surface area contributed by atoms with Crippen LogP contribution in [-0.4, -0.2) is 17.3 Å². The lowest BCUT2D eigenvalue weighted by Crippen LogP contribution is -2.32. The summed E-state index contributed by atoms with van der Waals surface area (Å²) in [4.78, 5) is 4.47. The van der Waals surface area contributed by atoms with E-state index >= 15 is 0 Å². The van der Waals surface area contributed by atoms with Crippen molar-refractivity contribution in [3.05, 3.63) is 11.7 Å². The largest absolute Gasteiger partial charge is 0.370 e. The fraction of sp³-hybridized carbons (Fsp3) is 0.846. The van der Waals surface area contributed by atoms with Gasteiger partial charge in [-0.15, -0.1) is 0 Å². The lowest BCUT2D eigenvalue weighted by atomic mass is 9.84. The van der Waals surface area contributed by atoms with Gasteiger partial charge in [0.2, 0.25) is 11.7 Å². The number of aromatic nitrogens is 2. The summed E-state index contributed by atoms with van der Waals surface area (Å²) in [6, 6.07) is -0.159. The summed E-state index contributed by atoms with van der Waals surface area (Å²) in [5, 5.41) is 4.10. The summed E-state index contributed by atoms with van der Waals surface area (Å²) < 4.78 is 11.0. The van der Waals surface area contributed by atoms with Crippen LogP contribution in [-0.2, 0) is 10.3 Å². The molecule has 1 fully saturated rings. The van der Waals surface area contributed by atoms with Crippen molar-refractivity contribution in [3.8, 4) is 0 Å². The van der Waals surface area contributed by atoms with Crippen molar-refractivity contribution in [2.24, 2.45) is 5.73 Å². The van der Waals surface area contributed by atoms with Gasteiger partial charge in [0.25, 0.3) is 0 Å². The van der Waals surface area contributed by atoms with Crippen molar-refractivity contribution in [1.82, 2.24) is 10.1 Å². The molecule has 1 aromatic heterocycles. The molecule has 0 amide bonds. The summed E-state index contributed by atoms with van der Waals surface area (Å²) in [6.45, 7) is 2.09. The Morgan fingerprint density at radius 1 is 1.39 bits per heavy atom. The molecule has 1 heterocycles. The Morgan fingerprint density at radius 3 is 2.72 bits per heavy atom. The van der Waals surface area contributed by atoms with Gasteiger partial charge in [0.1, 0.15) is 5.60 Å². The van der Waals surface area contributed by atoms with Crippen LogP contribution >= 0.6 is 0 Å². The second-order valence-corrected chi connectivity index (χ2v) is 5.11. The van der Waals surface area contributed by atoms with E-state index in [2.05, 4.69) is 17.1 Å². The highest BCUT2D eigenvalue weighted by atomic mass is 16.5. The Bertz CT molecular complexity index is 372. The van der Waals surface area contributed by atoms with Crippen LogP contribution in [0.15, 0.2) is 4.52 Å². The minimum absolute atomic E-state index is 0.159. The number of hydrogen-bond acceptors (Lipinski definition) is 5. The highest BCUT2D eigenvalue weighted by Crippen LogP contribution is 2.38. The van der Waals surface area contributed by atoms with Gasteiger partial charge < -0.3 is 15.0 Å². The molecule has 0 aromatic carbocycles. The molecule has 1 aromatic rings. The van der Waals surface area contributed by atoms with Gasteiger partial charge in [-0.1, -0.05) is 37.8 Å². The Balaban J connectivity index is 2.16. The van der Waals surface area contributed by atoms with Crippen LogP contribution in [0.4, 0.5) is 0 Å². The van der Waals surface area contributed by atoms with Gasteiger partial charge in [0.05, 0.1) is 6.04 Å². The van der Waals surface area contributed by atoms with Crippen LogP contribution in [0.25, 0.3) is 0 Å². The van der Waals surface area contributed by atoms with E-state index in [9.17, 15) is 0 Å². The first-order chi connectivity index (χ1) is 8.72. The second-order valence-electron chi connectivity index (χ2n) is 5.11. The minimum Gasteiger partial charge on any atom is -0.370 e. The highest BCUT2D eigenvalue weighted by Gasteiger charge is 2.38. The molecule has 0 bridgehead atoms. The molecule has 5 nitrogen and oxygen atoms in total. The average Bonchev–Trinajstić information content (AvgIpc) is 2.90. The first-order valence-corrected chi connectivity index (χ1v) is 6.86. The Morgan fingerprint density at radius 2 is 2.11 bits per heavy atom. The van der Waals surface area contributed by atoms with E-state index in [0.717, 1.165) is 38.5 Å². The van der Waals surface area contributed by atoms with Crippen LogP contribution in [0.5, 0.6) is 0 Å². The van der Waals surface area contributed by atoms with Gasteiger partial charge in [0.15, 0.2) is 0 Å². The molecule has 1 saturated carbocycles. The van der Waals surface area contributed by atoms with Gasteiger partial charge in [-0.05, 0) is 19.3 Å². The van der Waals surface area contributed by atoms with Crippen LogP contribution in [0.3, 0.4) is 0 Å². The molecule has 18 heavy (non-hydrogen) atoms. The Hall–Kier alpha value is -0.940. The van der Waals surface area contributed by atoms with E-state index in [1.54, 1.807) is 7.11 Å². The minimum atomic E-state index is -0.355. The molecule has 0 aliphatic heterocycles. The Kier molecular flexibility index (Phi) is 4.35.